The minimum Gasteiger partial charge on any atom is -0.323 e. The van der Waals surface area contributed by atoms with E-state index >= 15 is 0 Å². The topological polar surface area (TPSA) is 38.9 Å². The molecule has 3 rings (SSSR count). The maximum Gasteiger partial charge on any atom is 0.0962 e. The molecule has 0 radical (unpaired) electrons. The van der Waals surface area contributed by atoms with E-state index in [0.29, 0.717) is 5.41 Å². The monoisotopic (exact) mass is 264 g/mol. The standard InChI is InChI=1S/C15H24N2S/c1-15(2)8-11(16)13-12(9-15)17-14(18-13)10-6-4-3-5-7-10/h10-11H,3-9,16H2,1-2H3. The summed E-state index contributed by atoms with van der Waals surface area (Å²) >= 11 is 1.91. The third kappa shape index (κ3) is 2.35. The summed E-state index contributed by atoms with van der Waals surface area (Å²) in [6.07, 6.45) is 9.06. The molecule has 0 aromatic carbocycles. The Morgan fingerprint density at radius 3 is 2.67 bits per heavy atom. The van der Waals surface area contributed by atoms with Crippen LogP contribution in [0.15, 0.2) is 0 Å². The Balaban J connectivity index is 1.87. The first-order valence-electron chi connectivity index (χ1n) is 7.30. The number of rotatable bonds is 1. The number of hydrogen-bond donors (Lipinski definition) is 1. The summed E-state index contributed by atoms with van der Waals surface area (Å²) in [5, 5.41) is 1.38. The van der Waals surface area contributed by atoms with Crippen LogP contribution in [0.25, 0.3) is 0 Å². The second-order valence-electron chi connectivity index (χ2n) is 6.85. The first kappa shape index (κ1) is 12.6. The molecule has 1 aromatic rings. The molecule has 1 saturated carbocycles. The molecule has 0 bridgehead atoms. The summed E-state index contributed by atoms with van der Waals surface area (Å²) in [5.74, 6) is 0.727. The number of hydrogen-bond acceptors (Lipinski definition) is 3. The molecule has 1 atom stereocenters. The van der Waals surface area contributed by atoms with Gasteiger partial charge in [0.05, 0.1) is 10.7 Å². The summed E-state index contributed by atoms with van der Waals surface area (Å²) in [6, 6.07) is 0.221. The zero-order valence-corrected chi connectivity index (χ0v) is 12.4. The van der Waals surface area contributed by atoms with Crippen molar-refractivity contribution in [3.05, 3.63) is 15.6 Å². The van der Waals surface area contributed by atoms with Crippen LogP contribution in [0.2, 0.25) is 0 Å². The molecule has 1 unspecified atom stereocenters. The fraction of sp³-hybridized carbons (Fsp3) is 0.800. The van der Waals surface area contributed by atoms with E-state index in [4.69, 9.17) is 10.7 Å². The van der Waals surface area contributed by atoms with Gasteiger partial charge >= 0.3 is 0 Å². The molecule has 18 heavy (non-hydrogen) atoms. The second-order valence-corrected chi connectivity index (χ2v) is 7.91. The minimum atomic E-state index is 0.221. The first-order valence-corrected chi connectivity index (χ1v) is 8.12. The molecule has 1 heterocycles. The van der Waals surface area contributed by atoms with Gasteiger partial charge in [-0.05, 0) is 31.1 Å². The van der Waals surface area contributed by atoms with Crippen molar-refractivity contribution >= 4 is 11.3 Å². The van der Waals surface area contributed by atoms with Crippen molar-refractivity contribution in [3.8, 4) is 0 Å². The molecular formula is C15H24N2S. The number of nitrogens with zero attached hydrogens (tertiary/aromatic N) is 1. The van der Waals surface area contributed by atoms with Gasteiger partial charge in [-0.3, -0.25) is 0 Å². The molecule has 2 aliphatic rings. The number of aromatic nitrogens is 1. The normalized spacial score (nSPS) is 28.1. The summed E-state index contributed by atoms with van der Waals surface area (Å²) in [4.78, 5) is 6.34. The lowest BCUT2D eigenvalue weighted by atomic mass is 9.77. The Bertz CT molecular complexity index is 430. The van der Waals surface area contributed by atoms with Crippen LogP contribution in [0, 0.1) is 5.41 Å². The quantitative estimate of drug-likeness (QED) is 0.827. The van der Waals surface area contributed by atoms with Gasteiger partial charge in [0.2, 0.25) is 0 Å². The lowest BCUT2D eigenvalue weighted by Crippen LogP contribution is -2.28. The van der Waals surface area contributed by atoms with Gasteiger partial charge in [0, 0.05) is 16.8 Å². The Morgan fingerprint density at radius 2 is 1.94 bits per heavy atom. The summed E-state index contributed by atoms with van der Waals surface area (Å²) in [5.41, 5.74) is 7.97. The molecule has 0 spiro atoms. The van der Waals surface area contributed by atoms with Crippen molar-refractivity contribution in [1.82, 2.24) is 4.98 Å². The summed E-state index contributed by atoms with van der Waals surface area (Å²) < 4.78 is 0. The van der Waals surface area contributed by atoms with Gasteiger partial charge in [-0.25, -0.2) is 4.98 Å². The highest BCUT2D eigenvalue weighted by Crippen LogP contribution is 2.44. The van der Waals surface area contributed by atoms with E-state index in [9.17, 15) is 0 Å². The van der Waals surface area contributed by atoms with Crippen LogP contribution in [-0.4, -0.2) is 4.98 Å². The van der Waals surface area contributed by atoms with E-state index in [-0.39, 0.29) is 6.04 Å². The lowest BCUT2D eigenvalue weighted by Gasteiger charge is -2.32. The van der Waals surface area contributed by atoms with Crippen molar-refractivity contribution in [1.29, 1.82) is 0 Å². The number of nitrogens with two attached hydrogens (primary N) is 1. The van der Waals surface area contributed by atoms with Gasteiger partial charge in [0.1, 0.15) is 0 Å². The van der Waals surface area contributed by atoms with Crippen LogP contribution in [-0.2, 0) is 6.42 Å². The van der Waals surface area contributed by atoms with Crippen LogP contribution in [0.4, 0.5) is 0 Å². The SMILES string of the molecule is CC1(C)Cc2nc(C3CCCCC3)sc2C(N)C1. The molecule has 1 aromatic heterocycles. The molecular weight excluding hydrogens is 240 g/mol. The summed E-state index contributed by atoms with van der Waals surface area (Å²) in [7, 11) is 0. The van der Waals surface area contributed by atoms with Crippen molar-refractivity contribution in [2.75, 3.05) is 0 Å². The van der Waals surface area contributed by atoms with Crippen LogP contribution in [0.5, 0.6) is 0 Å². The van der Waals surface area contributed by atoms with Gasteiger partial charge < -0.3 is 5.73 Å². The van der Waals surface area contributed by atoms with E-state index in [1.165, 1.54) is 47.7 Å². The number of fused-ring (bicyclic) bond motifs is 1. The van der Waals surface area contributed by atoms with Crippen LogP contribution in [0.3, 0.4) is 0 Å². The largest absolute Gasteiger partial charge is 0.323 e. The zero-order chi connectivity index (χ0) is 12.8. The highest BCUT2D eigenvalue weighted by molar-refractivity contribution is 7.12. The predicted octanol–water partition coefficient (Wildman–Crippen LogP) is 4.16. The molecule has 0 saturated heterocycles. The molecule has 2 nitrogen and oxygen atoms in total. The summed E-state index contributed by atoms with van der Waals surface area (Å²) in [6.45, 7) is 4.63. The molecule has 3 heteroatoms. The minimum absolute atomic E-state index is 0.221. The molecule has 2 N–H and O–H groups in total. The predicted molar refractivity (Wildman–Crippen MR) is 77.0 cm³/mol. The Hall–Kier alpha value is -0.410. The molecule has 100 valence electrons. The van der Waals surface area contributed by atoms with E-state index in [1.807, 2.05) is 11.3 Å². The Labute approximate surface area is 114 Å². The van der Waals surface area contributed by atoms with Crippen LogP contribution >= 0.6 is 11.3 Å². The molecule has 0 aliphatic heterocycles. The maximum absolute atomic E-state index is 6.34. The Kier molecular flexibility index (Phi) is 3.23. The molecule has 2 aliphatic carbocycles. The van der Waals surface area contributed by atoms with Crippen molar-refractivity contribution < 1.29 is 0 Å². The zero-order valence-electron chi connectivity index (χ0n) is 11.5. The maximum atomic E-state index is 6.34. The third-order valence-corrected chi connectivity index (χ3v) is 5.85. The molecule has 1 fully saturated rings. The fourth-order valence-electron chi connectivity index (χ4n) is 3.54. The first-order chi connectivity index (χ1) is 8.55. The van der Waals surface area contributed by atoms with E-state index < -0.39 is 0 Å². The van der Waals surface area contributed by atoms with Gasteiger partial charge in [0.15, 0.2) is 0 Å². The van der Waals surface area contributed by atoms with Crippen molar-refractivity contribution in [2.45, 2.75) is 70.8 Å². The van der Waals surface area contributed by atoms with Gasteiger partial charge in [0.25, 0.3) is 0 Å². The lowest BCUT2D eigenvalue weighted by molar-refractivity contribution is 0.282. The average molecular weight is 264 g/mol. The highest BCUT2D eigenvalue weighted by atomic mass is 32.1. The van der Waals surface area contributed by atoms with Crippen molar-refractivity contribution in [3.63, 3.8) is 0 Å². The second kappa shape index (κ2) is 4.61. The average Bonchev–Trinajstić information content (AvgIpc) is 2.72. The Morgan fingerprint density at radius 1 is 1.22 bits per heavy atom. The third-order valence-electron chi connectivity index (χ3n) is 4.45. The fourth-order valence-corrected chi connectivity index (χ4v) is 4.79. The van der Waals surface area contributed by atoms with E-state index in [2.05, 4.69) is 13.8 Å². The van der Waals surface area contributed by atoms with Gasteiger partial charge in [-0.1, -0.05) is 33.1 Å². The van der Waals surface area contributed by atoms with E-state index in [0.717, 1.165) is 18.8 Å². The van der Waals surface area contributed by atoms with Crippen LogP contribution in [0.1, 0.15) is 79.9 Å². The van der Waals surface area contributed by atoms with Crippen LogP contribution < -0.4 is 5.73 Å². The highest BCUT2D eigenvalue weighted by Gasteiger charge is 2.34. The molecule has 0 amide bonds. The number of thiazole rings is 1. The van der Waals surface area contributed by atoms with Gasteiger partial charge in [-0.2, -0.15) is 0 Å². The van der Waals surface area contributed by atoms with Crippen molar-refractivity contribution in [2.24, 2.45) is 11.1 Å². The van der Waals surface area contributed by atoms with E-state index in [1.54, 1.807) is 0 Å². The smallest absolute Gasteiger partial charge is 0.0962 e. The van der Waals surface area contributed by atoms with Gasteiger partial charge in [-0.15, -0.1) is 11.3 Å².